The van der Waals surface area contributed by atoms with Crippen molar-refractivity contribution in [2.24, 2.45) is 0 Å². The van der Waals surface area contributed by atoms with Crippen LogP contribution in [-0.4, -0.2) is 47.8 Å². The maximum Gasteiger partial charge on any atom is 0.0626 e. The lowest BCUT2D eigenvalue weighted by Crippen LogP contribution is -2.31. The van der Waals surface area contributed by atoms with Gasteiger partial charge < -0.3 is 10.2 Å². The predicted octanol–water partition coefficient (Wildman–Crippen LogP) is 1.25. The molecule has 17 heavy (non-hydrogen) atoms. The molecule has 2 N–H and O–H groups in total. The van der Waals surface area contributed by atoms with E-state index < -0.39 is 0 Å². The van der Waals surface area contributed by atoms with Crippen molar-refractivity contribution in [1.29, 1.82) is 0 Å². The highest BCUT2D eigenvalue weighted by molar-refractivity contribution is 5.23. The number of aromatic nitrogens is 2. The maximum atomic E-state index is 4.22. The molecule has 96 valence electrons. The summed E-state index contributed by atoms with van der Waals surface area (Å²) < 4.78 is 0. The molecular weight excluding hydrogens is 212 g/mol. The smallest absolute Gasteiger partial charge is 0.0626 e. The number of nitrogens with one attached hydrogen (secondary N) is 2. The highest BCUT2D eigenvalue weighted by atomic mass is 15.1. The van der Waals surface area contributed by atoms with Gasteiger partial charge in [0, 0.05) is 18.8 Å². The fourth-order valence-electron chi connectivity index (χ4n) is 2.52. The van der Waals surface area contributed by atoms with Crippen LogP contribution in [0.4, 0.5) is 0 Å². The molecule has 2 heterocycles. The lowest BCUT2D eigenvalue weighted by atomic mass is 10.1. The van der Waals surface area contributed by atoms with E-state index in [1.54, 1.807) is 0 Å². The van der Waals surface area contributed by atoms with E-state index in [4.69, 9.17) is 0 Å². The van der Waals surface area contributed by atoms with E-state index in [-0.39, 0.29) is 0 Å². The molecule has 0 radical (unpaired) electrons. The number of likely N-dealkylation sites (tertiary alicyclic amines) is 1. The summed E-state index contributed by atoms with van der Waals surface area (Å²) in [5, 5.41) is 10.8. The van der Waals surface area contributed by atoms with Gasteiger partial charge in [0.25, 0.3) is 0 Å². The molecule has 1 aromatic rings. The third-order valence-corrected chi connectivity index (χ3v) is 3.64. The Bertz CT molecular complexity index is 320. The number of aryl methyl sites for hydroxylation is 2. The van der Waals surface area contributed by atoms with Crippen molar-refractivity contribution in [3.63, 3.8) is 0 Å². The standard InChI is InChI=1S/C13H24N4/c1-11-13(12(2)16-15-11)5-6-14-7-10-17-8-3-4-9-17/h14H,3-10H2,1-2H3,(H,15,16). The normalized spacial score (nSPS) is 16.8. The molecule has 2 rings (SSSR count). The van der Waals surface area contributed by atoms with E-state index in [9.17, 15) is 0 Å². The number of nitrogens with zero attached hydrogens (tertiary/aromatic N) is 2. The molecule has 0 amide bonds. The van der Waals surface area contributed by atoms with E-state index in [1.807, 2.05) is 0 Å². The van der Waals surface area contributed by atoms with Gasteiger partial charge in [-0.1, -0.05) is 0 Å². The molecular formula is C13H24N4. The van der Waals surface area contributed by atoms with Gasteiger partial charge in [0.1, 0.15) is 0 Å². The number of aromatic amines is 1. The summed E-state index contributed by atoms with van der Waals surface area (Å²) >= 11 is 0. The zero-order valence-electron chi connectivity index (χ0n) is 11.1. The zero-order valence-corrected chi connectivity index (χ0v) is 11.1. The van der Waals surface area contributed by atoms with Gasteiger partial charge in [-0.15, -0.1) is 0 Å². The number of hydrogen-bond donors (Lipinski definition) is 2. The summed E-state index contributed by atoms with van der Waals surface area (Å²) in [6.07, 6.45) is 3.84. The summed E-state index contributed by atoms with van der Waals surface area (Å²) in [7, 11) is 0. The maximum absolute atomic E-state index is 4.22. The van der Waals surface area contributed by atoms with Crippen molar-refractivity contribution in [2.75, 3.05) is 32.7 Å². The Hall–Kier alpha value is -0.870. The predicted molar refractivity (Wildman–Crippen MR) is 70.3 cm³/mol. The fourth-order valence-corrected chi connectivity index (χ4v) is 2.52. The average molecular weight is 236 g/mol. The summed E-state index contributed by atoms with van der Waals surface area (Å²) in [4.78, 5) is 2.54. The Morgan fingerprint density at radius 1 is 1.24 bits per heavy atom. The van der Waals surface area contributed by atoms with Gasteiger partial charge in [0.15, 0.2) is 0 Å². The summed E-state index contributed by atoms with van der Waals surface area (Å²) in [5.41, 5.74) is 3.73. The van der Waals surface area contributed by atoms with Crippen LogP contribution in [0.15, 0.2) is 0 Å². The number of hydrogen-bond acceptors (Lipinski definition) is 3. The summed E-state index contributed by atoms with van der Waals surface area (Å²) in [6.45, 7) is 10.1. The molecule has 0 aliphatic carbocycles. The second-order valence-electron chi connectivity index (χ2n) is 4.96. The van der Waals surface area contributed by atoms with Crippen LogP contribution in [0.1, 0.15) is 29.8 Å². The molecule has 0 aromatic carbocycles. The third-order valence-electron chi connectivity index (χ3n) is 3.64. The van der Waals surface area contributed by atoms with Crippen LogP contribution >= 0.6 is 0 Å². The van der Waals surface area contributed by atoms with Crippen LogP contribution in [0.25, 0.3) is 0 Å². The van der Waals surface area contributed by atoms with Crippen LogP contribution in [0, 0.1) is 13.8 Å². The summed E-state index contributed by atoms with van der Waals surface area (Å²) in [6, 6.07) is 0. The van der Waals surface area contributed by atoms with Crippen molar-refractivity contribution >= 4 is 0 Å². The molecule has 4 nitrogen and oxygen atoms in total. The fraction of sp³-hybridized carbons (Fsp3) is 0.769. The molecule has 0 saturated carbocycles. The van der Waals surface area contributed by atoms with Gasteiger partial charge >= 0.3 is 0 Å². The minimum atomic E-state index is 1.05. The minimum absolute atomic E-state index is 1.05. The number of H-pyrrole nitrogens is 1. The first-order chi connectivity index (χ1) is 8.27. The van der Waals surface area contributed by atoms with E-state index in [0.717, 1.165) is 25.2 Å². The second kappa shape index (κ2) is 6.17. The molecule has 1 fully saturated rings. The molecule has 0 bridgehead atoms. The topological polar surface area (TPSA) is 44.0 Å². The van der Waals surface area contributed by atoms with Gasteiger partial charge in [-0.25, -0.2) is 0 Å². The zero-order chi connectivity index (χ0) is 12.1. The first kappa shape index (κ1) is 12.6. The molecule has 0 spiro atoms. The molecule has 1 saturated heterocycles. The van der Waals surface area contributed by atoms with Gasteiger partial charge in [-0.05, 0) is 58.3 Å². The molecule has 0 atom stereocenters. The van der Waals surface area contributed by atoms with Crippen molar-refractivity contribution in [3.8, 4) is 0 Å². The van der Waals surface area contributed by atoms with Crippen LogP contribution < -0.4 is 5.32 Å². The van der Waals surface area contributed by atoms with Gasteiger partial charge in [0.05, 0.1) is 5.69 Å². The lowest BCUT2D eigenvalue weighted by Gasteiger charge is -2.14. The molecule has 1 aromatic heterocycles. The Morgan fingerprint density at radius 2 is 2.00 bits per heavy atom. The van der Waals surface area contributed by atoms with Crippen LogP contribution in [-0.2, 0) is 6.42 Å². The molecule has 1 aliphatic heterocycles. The van der Waals surface area contributed by atoms with Gasteiger partial charge in [-0.2, -0.15) is 5.10 Å². The van der Waals surface area contributed by atoms with E-state index in [2.05, 4.69) is 34.3 Å². The number of rotatable bonds is 6. The monoisotopic (exact) mass is 236 g/mol. The van der Waals surface area contributed by atoms with E-state index in [1.165, 1.54) is 43.7 Å². The summed E-state index contributed by atoms with van der Waals surface area (Å²) in [5.74, 6) is 0. The Labute approximate surface area is 104 Å². The van der Waals surface area contributed by atoms with Gasteiger partial charge in [0.2, 0.25) is 0 Å². The van der Waals surface area contributed by atoms with Crippen LogP contribution in [0.2, 0.25) is 0 Å². The lowest BCUT2D eigenvalue weighted by molar-refractivity contribution is 0.336. The van der Waals surface area contributed by atoms with E-state index in [0.29, 0.717) is 0 Å². The van der Waals surface area contributed by atoms with Crippen molar-refractivity contribution < 1.29 is 0 Å². The first-order valence-electron chi connectivity index (χ1n) is 6.71. The van der Waals surface area contributed by atoms with Crippen LogP contribution in [0.3, 0.4) is 0 Å². The SMILES string of the molecule is Cc1n[nH]c(C)c1CCNCCN1CCCC1. The average Bonchev–Trinajstić information content (AvgIpc) is 2.92. The van der Waals surface area contributed by atoms with Gasteiger partial charge in [-0.3, -0.25) is 5.10 Å². The van der Waals surface area contributed by atoms with Crippen molar-refractivity contribution in [1.82, 2.24) is 20.4 Å². The van der Waals surface area contributed by atoms with Crippen molar-refractivity contribution in [2.45, 2.75) is 33.1 Å². The third kappa shape index (κ3) is 3.54. The highest BCUT2D eigenvalue weighted by Gasteiger charge is 2.10. The quantitative estimate of drug-likeness (QED) is 0.731. The minimum Gasteiger partial charge on any atom is -0.315 e. The van der Waals surface area contributed by atoms with E-state index >= 15 is 0 Å². The second-order valence-corrected chi connectivity index (χ2v) is 4.96. The Kier molecular flexibility index (Phi) is 4.57. The Morgan fingerprint density at radius 3 is 2.65 bits per heavy atom. The molecule has 1 aliphatic rings. The molecule has 0 unspecified atom stereocenters. The van der Waals surface area contributed by atoms with Crippen LogP contribution in [0.5, 0.6) is 0 Å². The largest absolute Gasteiger partial charge is 0.315 e. The highest BCUT2D eigenvalue weighted by Crippen LogP contribution is 2.09. The van der Waals surface area contributed by atoms with Crippen molar-refractivity contribution in [3.05, 3.63) is 17.0 Å². The Balaban J connectivity index is 1.60. The first-order valence-corrected chi connectivity index (χ1v) is 6.71. The molecule has 4 heteroatoms.